The fraction of sp³-hybridized carbons (Fsp3) is 0.275. The molecule has 0 aliphatic carbocycles. The lowest BCUT2D eigenvalue weighted by atomic mass is 9.90. The van der Waals surface area contributed by atoms with E-state index >= 15 is 4.39 Å². The molecule has 49 heavy (non-hydrogen) atoms. The third kappa shape index (κ3) is 6.39. The first-order valence-corrected chi connectivity index (χ1v) is 17.6. The van der Waals surface area contributed by atoms with Crippen molar-refractivity contribution in [1.29, 1.82) is 0 Å². The second kappa shape index (κ2) is 13.6. The van der Waals surface area contributed by atoms with Crippen molar-refractivity contribution in [2.45, 2.75) is 58.8 Å². The van der Waals surface area contributed by atoms with Gasteiger partial charge >= 0.3 is 0 Å². The Morgan fingerprint density at radius 2 is 1.65 bits per heavy atom. The zero-order valence-electron chi connectivity index (χ0n) is 27.8. The number of pyridine rings is 1. The van der Waals surface area contributed by atoms with Crippen LogP contribution in [0, 0.1) is 31.3 Å². The number of aryl methyl sites for hydroxylation is 3. The van der Waals surface area contributed by atoms with Crippen LogP contribution in [0.3, 0.4) is 0 Å². The van der Waals surface area contributed by atoms with Gasteiger partial charge in [0.1, 0.15) is 28.1 Å². The van der Waals surface area contributed by atoms with Crippen LogP contribution in [0.25, 0.3) is 38.7 Å². The molecule has 7 rings (SSSR count). The highest BCUT2D eigenvalue weighted by Gasteiger charge is 2.26. The summed E-state index contributed by atoms with van der Waals surface area (Å²) in [6.07, 6.45) is 5.04. The van der Waals surface area contributed by atoms with Crippen molar-refractivity contribution < 1.29 is 18.0 Å². The summed E-state index contributed by atoms with van der Waals surface area (Å²) < 4.78 is 46.2. The van der Waals surface area contributed by atoms with E-state index < -0.39 is 0 Å². The maximum atomic E-state index is 16.4. The third-order valence-corrected chi connectivity index (χ3v) is 10.6. The number of halogens is 3. The molecule has 250 valence electrons. The van der Waals surface area contributed by atoms with E-state index in [1.54, 1.807) is 38.1 Å². The van der Waals surface area contributed by atoms with E-state index in [2.05, 4.69) is 12.3 Å². The second-order valence-corrected chi connectivity index (χ2v) is 13.7. The number of fused-ring (bicyclic) bond motifs is 1. The first-order valence-electron chi connectivity index (χ1n) is 16.8. The molecule has 0 radical (unpaired) electrons. The fourth-order valence-corrected chi connectivity index (χ4v) is 7.81. The van der Waals surface area contributed by atoms with Gasteiger partial charge in [-0.05, 0) is 104 Å². The molecule has 0 bridgehead atoms. The minimum atomic E-state index is -0.310. The van der Waals surface area contributed by atoms with Gasteiger partial charge in [-0.25, -0.2) is 23.1 Å². The summed E-state index contributed by atoms with van der Waals surface area (Å²) in [6.45, 7) is 6.83. The molecule has 9 heteroatoms. The van der Waals surface area contributed by atoms with Crippen molar-refractivity contribution in [3.63, 3.8) is 0 Å². The standard InChI is InChI=1S/C40H37F3N4OS/c1-4-33-39(32-15-14-31(25(3)38(32)43)40-45-34(23-49-40)27-8-12-30(41)13-9-27)47-22-29(10-16-35(47)44-33)26-18-20-46(21-19-26)36(48)17-11-28-7-5-6-24(2)37(28)42/h5-10,12-16,22-23,26H,4,11,17-21H2,1-3H3. The van der Waals surface area contributed by atoms with Crippen LogP contribution in [0.4, 0.5) is 13.2 Å². The summed E-state index contributed by atoms with van der Waals surface area (Å²) in [5.41, 5.74) is 7.88. The van der Waals surface area contributed by atoms with Crippen LogP contribution in [0.5, 0.6) is 0 Å². The van der Waals surface area contributed by atoms with Crippen LogP contribution in [0.15, 0.2) is 78.3 Å². The molecule has 0 unspecified atom stereocenters. The van der Waals surface area contributed by atoms with Gasteiger partial charge in [0.2, 0.25) is 5.91 Å². The van der Waals surface area contributed by atoms with Crippen molar-refractivity contribution >= 4 is 22.9 Å². The number of hydrogen-bond donors (Lipinski definition) is 0. The van der Waals surface area contributed by atoms with Gasteiger partial charge in [-0.3, -0.25) is 9.20 Å². The van der Waals surface area contributed by atoms with Crippen LogP contribution in [-0.4, -0.2) is 38.3 Å². The van der Waals surface area contributed by atoms with Gasteiger partial charge in [0, 0.05) is 47.8 Å². The van der Waals surface area contributed by atoms with E-state index in [4.69, 9.17) is 9.97 Å². The highest BCUT2D eigenvalue weighted by Crippen LogP contribution is 2.38. The minimum absolute atomic E-state index is 0.0537. The second-order valence-electron chi connectivity index (χ2n) is 12.8. The van der Waals surface area contributed by atoms with Crippen LogP contribution in [-0.2, 0) is 17.6 Å². The number of likely N-dealkylation sites (tertiary alicyclic amines) is 1. The fourth-order valence-electron chi connectivity index (χ4n) is 6.90. The summed E-state index contributed by atoms with van der Waals surface area (Å²) in [6, 6.07) is 19.3. The lowest BCUT2D eigenvalue weighted by Gasteiger charge is -2.32. The lowest BCUT2D eigenvalue weighted by molar-refractivity contribution is -0.132. The van der Waals surface area contributed by atoms with Gasteiger partial charge in [0.25, 0.3) is 0 Å². The molecule has 0 N–H and O–H groups in total. The van der Waals surface area contributed by atoms with Crippen LogP contribution in [0.1, 0.15) is 60.1 Å². The number of amides is 1. The number of imidazole rings is 1. The Bertz CT molecular complexity index is 2160. The molecule has 6 aromatic rings. The van der Waals surface area contributed by atoms with Crippen molar-refractivity contribution in [3.05, 3.63) is 124 Å². The topological polar surface area (TPSA) is 50.5 Å². The number of thiazole rings is 1. The van der Waals surface area contributed by atoms with E-state index in [1.807, 2.05) is 45.9 Å². The van der Waals surface area contributed by atoms with E-state index in [-0.39, 0.29) is 35.7 Å². The van der Waals surface area contributed by atoms with E-state index in [0.29, 0.717) is 53.2 Å². The summed E-state index contributed by atoms with van der Waals surface area (Å²) >= 11 is 1.43. The highest BCUT2D eigenvalue weighted by molar-refractivity contribution is 7.13. The molecule has 3 aromatic heterocycles. The average molecular weight is 679 g/mol. The zero-order valence-corrected chi connectivity index (χ0v) is 28.6. The number of benzene rings is 3. The number of nitrogens with zero attached hydrogens (tertiary/aromatic N) is 4. The van der Waals surface area contributed by atoms with Crippen molar-refractivity contribution in [2.75, 3.05) is 13.1 Å². The molecular weight excluding hydrogens is 642 g/mol. The Kier molecular flexibility index (Phi) is 9.11. The molecule has 0 spiro atoms. The lowest BCUT2D eigenvalue weighted by Crippen LogP contribution is -2.38. The van der Waals surface area contributed by atoms with Crippen LogP contribution >= 0.6 is 11.3 Å². The van der Waals surface area contributed by atoms with Gasteiger partial charge < -0.3 is 4.90 Å². The number of aromatic nitrogens is 3. The molecule has 1 fully saturated rings. The predicted molar refractivity (Wildman–Crippen MR) is 189 cm³/mol. The number of carbonyl (C=O) groups excluding carboxylic acids is 1. The van der Waals surface area contributed by atoms with Gasteiger partial charge in [0.05, 0.1) is 17.1 Å². The third-order valence-electron chi connectivity index (χ3n) is 9.76. The maximum Gasteiger partial charge on any atom is 0.222 e. The molecule has 1 aliphatic rings. The number of carbonyl (C=O) groups is 1. The SMILES string of the molecule is CCc1nc2ccc(C3CCN(C(=O)CCc4cccc(C)c4F)CC3)cn2c1-c1ccc(-c2nc(-c3ccc(F)cc3)cs2)c(C)c1F. The van der Waals surface area contributed by atoms with Crippen molar-refractivity contribution in [2.24, 2.45) is 0 Å². The van der Waals surface area contributed by atoms with Crippen LogP contribution < -0.4 is 0 Å². The number of hydrogen-bond acceptors (Lipinski definition) is 4. The summed E-state index contributed by atoms with van der Waals surface area (Å²) in [4.78, 5) is 24.5. The average Bonchev–Trinajstić information content (AvgIpc) is 3.75. The molecule has 1 amide bonds. The Labute approximate surface area is 288 Å². The predicted octanol–water partition coefficient (Wildman–Crippen LogP) is 9.73. The molecule has 1 aliphatic heterocycles. The molecular formula is C40H37F3N4OS. The van der Waals surface area contributed by atoms with Gasteiger partial charge in [-0.1, -0.05) is 37.3 Å². The summed E-state index contributed by atoms with van der Waals surface area (Å²) in [5.74, 6) is -0.539. The first-order chi connectivity index (χ1) is 23.7. The summed E-state index contributed by atoms with van der Waals surface area (Å²) in [7, 11) is 0. The van der Waals surface area contributed by atoms with E-state index in [9.17, 15) is 13.6 Å². The van der Waals surface area contributed by atoms with E-state index in [1.165, 1.54) is 23.5 Å². The molecule has 1 saturated heterocycles. The highest BCUT2D eigenvalue weighted by atomic mass is 32.1. The van der Waals surface area contributed by atoms with Gasteiger partial charge in [0.15, 0.2) is 0 Å². The monoisotopic (exact) mass is 678 g/mol. The molecule has 5 nitrogen and oxygen atoms in total. The number of rotatable bonds is 8. The first kappa shape index (κ1) is 32.8. The maximum absolute atomic E-state index is 16.4. The quantitative estimate of drug-likeness (QED) is 0.161. The smallest absolute Gasteiger partial charge is 0.222 e. The zero-order chi connectivity index (χ0) is 34.2. The molecule has 3 aromatic carbocycles. The Balaban J connectivity index is 1.10. The Morgan fingerprint density at radius 3 is 2.41 bits per heavy atom. The normalized spacial score (nSPS) is 13.8. The van der Waals surface area contributed by atoms with Crippen molar-refractivity contribution in [3.8, 4) is 33.1 Å². The minimum Gasteiger partial charge on any atom is -0.343 e. The largest absolute Gasteiger partial charge is 0.343 e. The summed E-state index contributed by atoms with van der Waals surface area (Å²) in [5, 5.41) is 2.60. The van der Waals surface area contributed by atoms with E-state index in [0.717, 1.165) is 52.3 Å². The van der Waals surface area contributed by atoms with Crippen molar-refractivity contribution in [1.82, 2.24) is 19.3 Å². The Morgan fingerprint density at radius 1 is 0.898 bits per heavy atom. The Hall–Kier alpha value is -4.76. The van der Waals surface area contributed by atoms with Gasteiger partial charge in [-0.15, -0.1) is 11.3 Å². The number of piperidine rings is 1. The molecule has 0 saturated carbocycles. The van der Waals surface area contributed by atoms with Gasteiger partial charge in [-0.2, -0.15) is 0 Å². The molecule has 4 heterocycles. The molecule has 0 atom stereocenters. The van der Waals surface area contributed by atoms with Crippen LogP contribution in [0.2, 0.25) is 0 Å².